The number of aromatic amines is 1. The highest BCUT2D eigenvalue weighted by Gasteiger charge is 2.34. The van der Waals surface area contributed by atoms with E-state index >= 15 is 0 Å². The number of amides is 1. The Kier molecular flexibility index (Phi) is 6.65. The van der Waals surface area contributed by atoms with Crippen LogP contribution in [0.2, 0.25) is 0 Å². The van der Waals surface area contributed by atoms with Crippen LogP contribution in [0.15, 0.2) is 53.3 Å². The number of fused-ring (bicyclic) bond motifs is 1. The molecule has 1 aromatic carbocycles. The van der Waals surface area contributed by atoms with Crippen LogP contribution in [0.5, 0.6) is 0 Å². The molecule has 0 bridgehead atoms. The van der Waals surface area contributed by atoms with Crippen LogP contribution in [0.4, 0.5) is 20.3 Å². The van der Waals surface area contributed by atoms with Crippen molar-refractivity contribution in [2.75, 3.05) is 42.9 Å². The fraction of sp³-hybridized carbons (Fsp3) is 0.429. The Morgan fingerprint density at radius 2 is 1.92 bits per heavy atom. The van der Waals surface area contributed by atoms with Gasteiger partial charge in [-0.05, 0) is 54.7 Å². The summed E-state index contributed by atoms with van der Waals surface area (Å²) in [7, 11) is 0. The van der Waals surface area contributed by atoms with Crippen molar-refractivity contribution in [1.82, 2.24) is 20.1 Å². The van der Waals surface area contributed by atoms with Crippen LogP contribution in [0.1, 0.15) is 54.1 Å². The minimum Gasteiger partial charge on any atom is -0.357 e. The fourth-order valence-electron chi connectivity index (χ4n) is 5.49. The summed E-state index contributed by atoms with van der Waals surface area (Å²) in [6.07, 6.45) is 8.38. The molecule has 2 aromatic heterocycles. The predicted octanol–water partition coefficient (Wildman–Crippen LogP) is 4.98. The summed E-state index contributed by atoms with van der Waals surface area (Å²) in [5, 5.41) is 10.9. The molecule has 1 unspecified atom stereocenters. The minimum atomic E-state index is -2.55. The largest absolute Gasteiger partial charge is 0.357 e. The van der Waals surface area contributed by atoms with Gasteiger partial charge in [0.2, 0.25) is 0 Å². The average molecular weight is 520 g/mol. The first kappa shape index (κ1) is 24.7. The summed E-state index contributed by atoms with van der Waals surface area (Å²) in [6.45, 7) is 3.47. The van der Waals surface area contributed by atoms with E-state index in [0.29, 0.717) is 31.0 Å². The first-order chi connectivity index (χ1) is 18.4. The number of halogens is 2. The summed E-state index contributed by atoms with van der Waals surface area (Å²) in [5.74, 6) is -1.88. The Bertz CT molecular complexity index is 1370. The van der Waals surface area contributed by atoms with E-state index < -0.39 is 5.92 Å². The van der Waals surface area contributed by atoms with Crippen molar-refractivity contribution in [3.05, 3.63) is 59.6 Å². The monoisotopic (exact) mass is 519 g/mol. The lowest BCUT2D eigenvalue weighted by molar-refractivity contribution is -0.0535. The molecule has 2 saturated heterocycles. The number of nitrogens with zero attached hydrogens (tertiary/aromatic N) is 5. The number of nitrogens with one attached hydrogen (secondary N) is 2. The van der Waals surface area contributed by atoms with Crippen LogP contribution in [0.3, 0.4) is 0 Å². The van der Waals surface area contributed by atoms with Gasteiger partial charge in [-0.25, -0.2) is 13.8 Å². The van der Waals surface area contributed by atoms with E-state index in [1.165, 1.54) is 12.8 Å². The molecule has 5 heterocycles. The minimum absolute atomic E-state index is 0.0405. The number of piperidine rings is 1. The Morgan fingerprint density at radius 3 is 2.68 bits per heavy atom. The maximum Gasteiger partial charge on any atom is 0.276 e. The molecule has 3 aromatic rings. The first-order valence-corrected chi connectivity index (χ1v) is 13.3. The smallest absolute Gasteiger partial charge is 0.276 e. The van der Waals surface area contributed by atoms with Crippen molar-refractivity contribution in [2.24, 2.45) is 4.99 Å². The number of carbonyl (C=O) groups excluding carboxylic acids is 1. The van der Waals surface area contributed by atoms with Gasteiger partial charge >= 0.3 is 0 Å². The lowest BCUT2D eigenvalue weighted by atomic mass is 9.90. The van der Waals surface area contributed by atoms with Gasteiger partial charge in [0.1, 0.15) is 5.82 Å². The molecule has 198 valence electrons. The summed E-state index contributed by atoms with van der Waals surface area (Å²) in [6, 6.07) is 9.74. The third kappa shape index (κ3) is 5.31. The molecule has 0 radical (unpaired) electrons. The number of pyridine rings is 1. The normalized spacial score (nSPS) is 21.6. The summed E-state index contributed by atoms with van der Waals surface area (Å²) in [4.78, 5) is 26.4. The van der Waals surface area contributed by atoms with Gasteiger partial charge in [-0.3, -0.25) is 19.8 Å². The topological polar surface area (TPSA) is 89.5 Å². The number of anilines is 2. The number of hydrogen-bond donors (Lipinski definition) is 2. The molecular weight excluding hydrogens is 488 g/mol. The molecule has 3 aliphatic rings. The average Bonchev–Trinajstić information content (AvgIpc) is 3.61. The number of carbonyl (C=O) groups is 1. The Balaban J connectivity index is 1.13. The van der Waals surface area contributed by atoms with E-state index in [4.69, 9.17) is 0 Å². The molecule has 0 saturated carbocycles. The lowest BCUT2D eigenvalue weighted by Gasteiger charge is -2.33. The predicted molar refractivity (Wildman–Crippen MR) is 144 cm³/mol. The van der Waals surface area contributed by atoms with Crippen LogP contribution in [-0.4, -0.2) is 70.8 Å². The number of likely N-dealkylation sites (tertiary alicyclic amines) is 1. The highest BCUT2D eigenvalue weighted by atomic mass is 19.3. The summed E-state index contributed by atoms with van der Waals surface area (Å²) >= 11 is 0. The number of rotatable bonds is 6. The molecule has 0 spiro atoms. The molecule has 3 aliphatic heterocycles. The standard InChI is InChI=1S/C28H31F2N7O/c29-28(30)7-11-36(12-8-28)18-19-13-21(16-31-15-19)20-3-5-24-23(14-20)26(35-34-24)27(38)33-22-4-6-25(32-17-22)37-9-1-2-10-37/h3-6,14-17,21H,1-2,7-13,18H2,(H,33,38)(H,34,35). The molecule has 6 rings (SSSR count). The number of aliphatic imine (C=N–C) groups is 1. The number of alkyl halides is 2. The van der Waals surface area contributed by atoms with E-state index in [9.17, 15) is 13.6 Å². The maximum absolute atomic E-state index is 13.5. The van der Waals surface area contributed by atoms with Gasteiger partial charge in [0, 0.05) is 69.3 Å². The maximum atomic E-state index is 13.5. The van der Waals surface area contributed by atoms with E-state index in [2.05, 4.69) is 35.3 Å². The second-order valence-corrected chi connectivity index (χ2v) is 10.5. The Morgan fingerprint density at radius 1 is 1.11 bits per heavy atom. The van der Waals surface area contributed by atoms with E-state index in [1.807, 2.05) is 42.7 Å². The third-order valence-corrected chi connectivity index (χ3v) is 7.69. The zero-order valence-electron chi connectivity index (χ0n) is 21.2. The molecule has 0 aliphatic carbocycles. The van der Waals surface area contributed by atoms with E-state index in [-0.39, 0.29) is 24.7 Å². The van der Waals surface area contributed by atoms with Crippen molar-refractivity contribution < 1.29 is 13.6 Å². The zero-order valence-corrected chi connectivity index (χ0v) is 21.2. The number of benzene rings is 1. The zero-order chi connectivity index (χ0) is 26.1. The van der Waals surface area contributed by atoms with Crippen LogP contribution in [0, 0.1) is 0 Å². The van der Waals surface area contributed by atoms with Gasteiger partial charge in [-0.2, -0.15) is 5.10 Å². The van der Waals surface area contributed by atoms with Gasteiger partial charge in [-0.1, -0.05) is 6.07 Å². The quantitative estimate of drug-likeness (QED) is 0.479. The third-order valence-electron chi connectivity index (χ3n) is 7.69. The van der Waals surface area contributed by atoms with Gasteiger partial charge in [0.05, 0.1) is 17.4 Å². The van der Waals surface area contributed by atoms with Gasteiger partial charge in [-0.15, -0.1) is 0 Å². The highest BCUT2D eigenvalue weighted by molar-refractivity contribution is 6.11. The van der Waals surface area contributed by atoms with Gasteiger partial charge < -0.3 is 10.2 Å². The molecule has 10 heteroatoms. The van der Waals surface area contributed by atoms with Crippen LogP contribution < -0.4 is 10.2 Å². The number of H-pyrrole nitrogens is 1. The molecule has 1 atom stereocenters. The molecule has 38 heavy (non-hydrogen) atoms. The van der Waals surface area contributed by atoms with Gasteiger partial charge in [0.15, 0.2) is 5.69 Å². The first-order valence-electron chi connectivity index (χ1n) is 13.3. The fourth-order valence-corrected chi connectivity index (χ4v) is 5.49. The van der Waals surface area contributed by atoms with Gasteiger partial charge in [0.25, 0.3) is 11.8 Å². The summed E-state index contributed by atoms with van der Waals surface area (Å²) in [5.41, 5.74) is 3.87. The van der Waals surface area contributed by atoms with E-state index in [1.54, 1.807) is 6.20 Å². The van der Waals surface area contributed by atoms with Crippen LogP contribution >= 0.6 is 0 Å². The number of hydrogen-bond acceptors (Lipinski definition) is 6. The van der Waals surface area contributed by atoms with Crippen molar-refractivity contribution in [3.8, 4) is 0 Å². The van der Waals surface area contributed by atoms with Crippen molar-refractivity contribution >= 4 is 34.5 Å². The lowest BCUT2D eigenvalue weighted by Crippen LogP contribution is -2.40. The molecule has 8 nitrogen and oxygen atoms in total. The molecule has 2 fully saturated rings. The van der Waals surface area contributed by atoms with Crippen LogP contribution in [-0.2, 0) is 0 Å². The Hall–Kier alpha value is -3.66. The second-order valence-electron chi connectivity index (χ2n) is 10.5. The van der Waals surface area contributed by atoms with Crippen molar-refractivity contribution in [3.63, 3.8) is 0 Å². The van der Waals surface area contributed by atoms with Crippen molar-refractivity contribution in [1.29, 1.82) is 0 Å². The summed E-state index contributed by atoms with van der Waals surface area (Å²) < 4.78 is 27.0. The molecule has 1 amide bonds. The Labute approximate surface area is 219 Å². The second kappa shape index (κ2) is 10.2. The van der Waals surface area contributed by atoms with E-state index in [0.717, 1.165) is 47.4 Å². The van der Waals surface area contributed by atoms with Crippen LogP contribution in [0.25, 0.3) is 10.9 Å². The number of aromatic nitrogens is 3. The SMILES string of the molecule is O=C(Nc1ccc(N2CCCC2)nc1)c1n[nH]c2ccc(C3C=NC=C(CN4CCC(F)(F)CC4)C3)cc12. The highest BCUT2D eigenvalue weighted by Crippen LogP contribution is 2.32. The molecular formula is C28H31F2N7O. The molecule has 2 N–H and O–H groups in total. The van der Waals surface area contributed by atoms with Crippen molar-refractivity contribution in [2.45, 2.75) is 43.9 Å².